The average molecular weight is 808 g/mol. The molecule has 306 valence electrons. The first kappa shape index (κ1) is 49.3. The fraction of sp³-hybridized carbons (Fsp3) is 0.725. The summed E-state index contributed by atoms with van der Waals surface area (Å²) in [7, 11) is 0. The van der Waals surface area contributed by atoms with Gasteiger partial charge < -0.3 is 63.9 Å². The maximum atomic E-state index is 11.6. The van der Waals surface area contributed by atoms with Gasteiger partial charge in [-0.25, -0.2) is 14.4 Å². The van der Waals surface area contributed by atoms with Gasteiger partial charge in [-0.15, -0.1) is 0 Å². The summed E-state index contributed by atoms with van der Waals surface area (Å²) in [4.78, 5) is 44.0. The Morgan fingerprint density at radius 3 is 1.56 bits per heavy atom. The van der Waals surface area contributed by atoms with Gasteiger partial charge in [0.1, 0.15) is 18.3 Å². The van der Waals surface area contributed by atoms with E-state index in [1.807, 2.05) is 0 Å². The molecule has 17 unspecified atom stereocenters. The standard InChI is InChI=1S/C13H18O4.C9H14O3.2C8H10O3.CH4.CH3.ClH.Mg/c1-6(2)12(14)16-10-7-4-8-9(5-7)13(3,15)17-11(8)10;1-9(11)6-3-4-2-5(6)8(12-9)7(4)10;9-6-3-1-4-5(2-3)8(10)11-7(4)6;1-5(2)7(9)11-8(10)6(3)4;;;;/h7-11,15H,1,4-5H2,2-3H3;4-8,10-11H,2-3H2,1H3;3-7,9H,1-2H2;1,3H2,2,4H3;1H4;1H3;1H;/q;;;;;-1;;+2/p-1. The van der Waals surface area contributed by atoms with E-state index in [1.165, 1.54) is 13.8 Å². The Bertz CT molecular complexity index is 1490. The minimum absolute atomic E-state index is 0. The molecule has 0 radical (unpaired) electrons. The van der Waals surface area contributed by atoms with Crippen molar-refractivity contribution in [3.05, 3.63) is 43.9 Å². The molecule has 0 aromatic carbocycles. The number of ether oxygens (including phenoxy) is 5. The molecule has 9 rings (SSSR count). The molecule has 6 bridgehead atoms. The van der Waals surface area contributed by atoms with Gasteiger partial charge in [0.25, 0.3) is 0 Å². The van der Waals surface area contributed by atoms with Crippen LogP contribution in [-0.4, -0.2) is 116 Å². The second kappa shape index (κ2) is 17.9. The van der Waals surface area contributed by atoms with Crippen LogP contribution in [0, 0.1) is 60.7 Å². The van der Waals surface area contributed by atoms with Crippen molar-refractivity contribution >= 4 is 46.9 Å². The van der Waals surface area contributed by atoms with E-state index in [0.29, 0.717) is 41.1 Å². The van der Waals surface area contributed by atoms with Gasteiger partial charge in [0.2, 0.25) is 0 Å². The molecule has 6 aliphatic carbocycles. The van der Waals surface area contributed by atoms with Gasteiger partial charge in [0, 0.05) is 34.5 Å². The number of fused-ring (bicyclic) bond motifs is 3. The van der Waals surface area contributed by atoms with Crippen molar-refractivity contribution < 1.29 is 75.7 Å². The van der Waals surface area contributed by atoms with Crippen LogP contribution >= 0.6 is 0 Å². The van der Waals surface area contributed by atoms with Crippen molar-refractivity contribution in [2.75, 3.05) is 0 Å². The number of esters is 4. The fourth-order valence-corrected chi connectivity index (χ4v) is 10.4. The largest absolute Gasteiger partial charge is 2.00 e. The van der Waals surface area contributed by atoms with Gasteiger partial charge >= 0.3 is 46.9 Å². The molecule has 0 aromatic heterocycles. The molecule has 17 atom stereocenters. The third kappa shape index (κ3) is 9.07. The van der Waals surface area contributed by atoms with Crippen molar-refractivity contribution in [1.29, 1.82) is 0 Å². The van der Waals surface area contributed by atoms with Gasteiger partial charge in [-0.2, -0.15) is 0 Å². The summed E-state index contributed by atoms with van der Waals surface area (Å²) in [6.45, 7) is 18.2. The maximum Gasteiger partial charge on any atom is 2.00 e. The van der Waals surface area contributed by atoms with Crippen molar-refractivity contribution in [3.8, 4) is 0 Å². The zero-order chi connectivity index (χ0) is 37.5. The van der Waals surface area contributed by atoms with E-state index in [4.69, 9.17) is 18.9 Å². The van der Waals surface area contributed by atoms with E-state index in [-0.39, 0.29) is 128 Å². The molecule has 3 aliphatic heterocycles. The SMILES string of the molecule is C.C=C(C)C(=O)OC(=O)C(=C)C.C=C(C)C(=O)OC1C2CC3C1OC(C)(O)C3C2.CC1(O)OC2C(O)C3CC2C1C3.O=C1OC2C(O)C3CC1C2C3.[CH3-].[Cl-].[Mg+2]. The first-order valence-corrected chi connectivity index (χ1v) is 18.0. The number of carbonyl (C=O) groups is 4. The Kier molecular flexibility index (Phi) is 16.1. The number of aliphatic hydroxyl groups excluding tert-OH is 2. The predicted octanol–water partition coefficient (Wildman–Crippen LogP) is 0.195. The van der Waals surface area contributed by atoms with Gasteiger partial charge in [0.05, 0.1) is 24.2 Å². The summed E-state index contributed by atoms with van der Waals surface area (Å²) in [5, 5.41) is 39.2. The molecule has 6 saturated carbocycles. The summed E-state index contributed by atoms with van der Waals surface area (Å²) < 4.78 is 25.9. The fourth-order valence-electron chi connectivity index (χ4n) is 10.4. The van der Waals surface area contributed by atoms with E-state index in [9.17, 15) is 39.6 Å². The summed E-state index contributed by atoms with van der Waals surface area (Å²) in [6, 6.07) is 0. The summed E-state index contributed by atoms with van der Waals surface area (Å²) in [5.74, 6) is -1.06. The number of carbonyl (C=O) groups excluding carboxylic acids is 4. The molecule has 55 heavy (non-hydrogen) atoms. The molecule has 3 heterocycles. The Balaban J connectivity index is 0.000000252. The number of halogens is 1. The van der Waals surface area contributed by atoms with E-state index >= 15 is 0 Å². The molecule has 9 aliphatic rings. The van der Waals surface area contributed by atoms with E-state index in [2.05, 4.69) is 24.5 Å². The molecule has 0 amide bonds. The number of hydrogen-bond donors (Lipinski definition) is 4. The van der Waals surface area contributed by atoms with Crippen molar-refractivity contribution in [2.45, 2.75) is 129 Å². The maximum absolute atomic E-state index is 11.6. The minimum Gasteiger partial charge on any atom is -1.00 e. The Morgan fingerprint density at radius 2 is 1.11 bits per heavy atom. The van der Waals surface area contributed by atoms with Crippen LogP contribution in [0.4, 0.5) is 0 Å². The first-order chi connectivity index (χ1) is 23.7. The van der Waals surface area contributed by atoms with Gasteiger partial charge in [-0.05, 0) is 103 Å². The second-order valence-electron chi connectivity index (χ2n) is 16.6. The van der Waals surface area contributed by atoms with Crippen LogP contribution in [0.2, 0.25) is 0 Å². The van der Waals surface area contributed by atoms with Crippen LogP contribution in [0.25, 0.3) is 0 Å². The quantitative estimate of drug-likeness (QED) is 0.0752. The van der Waals surface area contributed by atoms with Gasteiger partial charge in [-0.1, -0.05) is 27.2 Å². The minimum atomic E-state index is -1.05. The van der Waals surface area contributed by atoms with E-state index in [0.717, 1.165) is 38.5 Å². The zero-order valence-electron chi connectivity index (χ0n) is 32.1. The zero-order valence-corrected chi connectivity index (χ0v) is 34.2. The van der Waals surface area contributed by atoms with Gasteiger partial charge in [0.15, 0.2) is 11.6 Å². The molecule has 3 saturated heterocycles. The van der Waals surface area contributed by atoms with Crippen LogP contribution in [0.5, 0.6) is 0 Å². The van der Waals surface area contributed by atoms with Crippen LogP contribution in [-0.2, 0) is 42.9 Å². The van der Waals surface area contributed by atoms with Crippen molar-refractivity contribution in [3.63, 3.8) is 0 Å². The summed E-state index contributed by atoms with van der Waals surface area (Å²) in [5.41, 5.74) is 0.799. The predicted molar refractivity (Wildman–Crippen MR) is 196 cm³/mol. The number of aliphatic hydroxyl groups is 4. The Morgan fingerprint density at radius 1 is 0.691 bits per heavy atom. The number of hydrogen-bond acceptors (Lipinski definition) is 13. The Labute approximate surface area is 347 Å². The molecule has 13 nitrogen and oxygen atoms in total. The first-order valence-electron chi connectivity index (χ1n) is 18.0. The third-order valence-corrected chi connectivity index (χ3v) is 12.8. The monoisotopic (exact) mass is 806 g/mol. The van der Waals surface area contributed by atoms with Crippen LogP contribution in [0.3, 0.4) is 0 Å². The van der Waals surface area contributed by atoms with E-state index in [1.54, 1.807) is 20.8 Å². The van der Waals surface area contributed by atoms with Crippen LogP contribution < -0.4 is 12.4 Å². The van der Waals surface area contributed by atoms with Crippen molar-refractivity contribution in [2.24, 2.45) is 53.3 Å². The molecule has 0 aromatic rings. The second-order valence-corrected chi connectivity index (χ2v) is 16.6. The molecule has 9 fully saturated rings. The molecule has 4 N–H and O–H groups in total. The smallest absolute Gasteiger partial charge is 1.00 e. The van der Waals surface area contributed by atoms with Crippen LogP contribution in [0.1, 0.15) is 80.6 Å². The van der Waals surface area contributed by atoms with E-state index < -0.39 is 23.5 Å². The normalized spacial score (nSPS) is 43.9. The number of rotatable bonds is 4. The topological polar surface area (TPSA) is 195 Å². The molecular weight excluding hydrogens is 748 g/mol. The molecular formula is C40H59ClMgO13. The third-order valence-electron chi connectivity index (χ3n) is 12.8. The molecule has 15 heteroatoms. The van der Waals surface area contributed by atoms with Crippen molar-refractivity contribution in [1.82, 2.24) is 0 Å². The molecule has 0 spiro atoms. The Hall–Kier alpha value is -1.88. The van der Waals surface area contributed by atoms with Crippen LogP contribution in [0.15, 0.2) is 36.5 Å². The summed E-state index contributed by atoms with van der Waals surface area (Å²) >= 11 is 0. The average Bonchev–Trinajstić information content (AvgIpc) is 3.90. The van der Waals surface area contributed by atoms with Gasteiger partial charge in [-0.3, -0.25) is 4.79 Å². The summed E-state index contributed by atoms with van der Waals surface area (Å²) in [6.07, 6.45) is 4.51.